The Kier molecular flexibility index (Phi) is 5.31. The van der Waals surface area contributed by atoms with Crippen LogP contribution in [0.4, 0.5) is 5.69 Å². The van der Waals surface area contributed by atoms with E-state index in [0.717, 1.165) is 30.6 Å². The van der Waals surface area contributed by atoms with Crippen molar-refractivity contribution in [2.75, 3.05) is 20.1 Å². The molecule has 0 bridgehead atoms. The van der Waals surface area contributed by atoms with Crippen LogP contribution in [0.2, 0.25) is 0 Å². The van der Waals surface area contributed by atoms with Gasteiger partial charge in [-0.2, -0.15) is 0 Å². The van der Waals surface area contributed by atoms with Crippen LogP contribution in [0.15, 0.2) is 18.2 Å². The number of nitrogens with one attached hydrogen (secondary N) is 1. The maximum absolute atomic E-state index is 11.1. The van der Waals surface area contributed by atoms with Crippen LogP contribution in [0.1, 0.15) is 43.4 Å². The highest BCUT2D eigenvalue weighted by Gasteiger charge is 2.23. The van der Waals surface area contributed by atoms with E-state index in [2.05, 4.69) is 24.2 Å². The Labute approximate surface area is 126 Å². The van der Waals surface area contributed by atoms with Crippen molar-refractivity contribution in [2.45, 2.75) is 45.2 Å². The van der Waals surface area contributed by atoms with Crippen molar-refractivity contribution in [1.29, 1.82) is 0 Å². The molecule has 5 nitrogen and oxygen atoms in total. The second-order valence-electron chi connectivity index (χ2n) is 5.98. The predicted octanol–water partition coefficient (Wildman–Crippen LogP) is 3.04. The van der Waals surface area contributed by atoms with Crippen LogP contribution in [-0.2, 0) is 0 Å². The summed E-state index contributed by atoms with van der Waals surface area (Å²) in [7, 11) is 2.13. The third-order valence-corrected chi connectivity index (χ3v) is 4.64. The first-order valence-electron chi connectivity index (χ1n) is 7.68. The Morgan fingerprint density at radius 2 is 2.14 bits per heavy atom. The fourth-order valence-corrected chi connectivity index (χ4v) is 3.04. The highest BCUT2D eigenvalue weighted by molar-refractivity contribution is 5.43. The van der Waals surface area contributed by atoms with Gasteiger partial charge in [0.25, 0.3) is 5.69 Å². The van der Waals surface area contributed by atoms with Gasteiger partial charge in [-0.15, -0.1) is 0 Å². The van der Waals surface area contributed by atoms with Gasteiger partial charge in [0.05, 0.1) is 4.92 Å². The van der Waals surface area contributed by atoms with Gasteiger partial charge in [0, 0.05) is 23.7 Å². The van der Waals surface area contributed by atoms with Crippen LogP contribution < -0.4 is 5.32 Å². The molecule has 1 heterocycles. The van der Waals surface area contributed by atoms with Crippen molar-refractivity contribution >= 4 is 5.69 Å². The van der Waals surface area contributed by atoms with Gasteiger partial charge < -0.3 is 5.32 Å². The average molecular weight is 291 g/mol. The van der Waals surface area contributed by atoms with E-state index in [9.17, 15) is 10.1 Å². The average Bonchev–Trinajstić information content (AvgIpc) is 2.75. The monoisotopic (exact) mass is 291 g/mol. The van der Waals surface area contributed by atoms with E-state index in [1.807, 2.05) is 12.1 Å². The third-order valence-electron chi connectivity index (χ3n) is 4.64. The largest absolute Gasteiger partial charge is 0.317 e. The Hall–Kier alpha value is -1.46. The first-order chi connectivity index (χ1) is 10.0. The number of nitro groups is 1. The van der Waals surface area contributed by atoms with Crippen molar-refractivity contribution in [2.24, 2.45) is 0 Å². The van der Waals surface area contributed by atoms with Crippen molar-refractivity contribution in [3.05, 3.63) is 39.4 Å². The molecule has 1 saturated heterocycles. The smallest absolute Gasteiger partial charge is 0.272 e. The molecule has 1 aromatic rings. The van der Waals surface area contributed by atoms with Gasteiger partial charge in [-0.1, -0.05) is 12.1 Å². The van der Waals surface area contributed by atoms with E-state index in [0.29, 0.717) is 6.04 Å². The summed E-state index contributed by atoms with van der Waals surface area (Å²) in [6.07, 6.45) is 3.51. The maximum atomic E-state index is 11.1. The molecule has 0 radical (unpaired) electrons. The minimum absolute atomic E-state index is 0.187. The van der Waals surface area contributed by atoms with E-state index in [4.69, 9.17) is 0 Å². The van der Waals surface area contributed by atoms with Crippen molar-refractivity contribution < 1.29 is 4.92 Å². The Balaban J connectivity index is 2.16. The lowest BCUT2D eigenvalue weighted by Crippen LogP contribution is -2.34. The normalized spacial score (nSPS) is 21.0. The molecule has 2 unspecified atom stereocenters. The molecule has 2 atom stereocenters. The quantitative estimate of drug-likeness (QED) is 0.684. The number of benzene rings is 1. The van der Waals surface area contributed by atoms with Crippen LogP contribution in [0.3, 0.4) is 0 Å². The van der Waals surface area contributed by atoms with Crippen LogP contribution in [0.5, 0.6) is 0 Å². The molecule has 0 spiro atoms. The number of hydrogen-bond donors (Lipinski definition) is 1. The van der Waals surface area contributed by atoms with Crippen LogP contribution in [0, 0.1) is 17.0 Å². The highest BCUT2D eigenvalue weighted by Crippen LogP contribution is 2.28. The summed E-state index contributed by atoms with van der Waals surface area (Å²) in [5.74, 6) is 0. The van der Waals surface area contributed by atoms with Gasteiger partial charge in [0.15, 0.2) is 0 Å². The fourth-order valence-electron chi connectivity index (χ4n) is 3.04. The first-order valence-corrected chi connectivity index (χ1v) is 7.68. The molecule has 1 N–H and O–H groups in total. The van der Waals surface area contributed by atoms with Gasteiger partial charge in [0.1, 0.15) is 0 Å². The minimum atomic E-state index is -0.291. The summed E-state index contributed by atoms with van der Waals surface area (Å²) in [4.78, 5) is 13.2. The van der Waals surface area contributed by atoms with E-state index in [-0.39, 0.29) is 16.7 Å². The Morgan fingerprint density at radius 3 is 2.86 bits per heavy atom. The zero-order chi connectivity index (χ0) is 15.4. The fraction of sp³-hybridized carbons (Fsp3) is 0.625. The lowest BCUT2D eigenvalue weighted by atomic mass is 10.00. The van der Waals surface area contributed by atoms with E-state index in [1.54, 1.807) is 13.0 Å². The number of nitrogens with zero attached hydrogens (tertiary/aromatic N) is 2. The molecule has 0 amide bonds. The van der Waals surface area contributed by atoms with Crippen LogP contribution in [0.25, 0.3) is 0 Å². The van der Waals surface area contributed by atoms with Gasteiger partial charge >= 0.3 is 0 Å². The van der Waals surface area contributed by atoms with Crippen molar-refractivity contribution in [3.63, 3.8) is 0 Å². The minimum Gasteiger partial charge on any atom is -0.317 e. The molecule has 0 saturated carbocycles. The predicted molar refractivity (Wildman–Crippen MR) is 84.5 cm³/mol. The summed E-state index contributed by atoms with van der Waals surface area (Å²) in [5, 5.41) is 14.5. The first kappa shape index (κ1) is 15.9. The van der Waals surface area contributed by atoms with Gasteiger partial charge in [-0.3, -0.25) is 15.0 Å². The second kappa shape index (κ2) is 7.00. The van der Waals surface area contributed by atoms with Crippen LogP contribution in [-0.4, -0.2) is 36.0 Å². The number of nitro benzene ring substituents is 1. The zero-order valence-corrected chi connectivity index (χ0v) is 13.1. The lowest BCUT2D eigenvalue weighted by molar-refractivity contribution is -0.385. The molecule has 1 fully saturated rings. The molecule has 2 rings (SSSR count). The summed E-state index contributed by atoms with van der Waals surface area (Å²) in [5.41, 5.74) is 1.96. The summed E-state index contributed by atoms with van der Waals surface area (Å²) < 4.78 is 0. The van der Waals surface area contributed by atoms with Crippen molar-refractivity contribution in [1.82, 2.24) is 10.2 Å². The molecular weight excluding hydrogens is 266 g/mol. The number of hydrogen-bond acceptors (Lipinski definition) is 4. The number of aryl methyl sites for hydroxylation is 1. The maximum Gasteiger partial charge on any atom is 0.272 e. The SMILES string of the molecule is Cc1ccc(C(C)N(C)C2CCCNCC2)cc1[N+](=O)[O-]. The molecule has 0 aliphatic carbocycles. The summed E-state index contributed by atoms with van der Waals surface area (Å²) in [6, 6.07) is 6.32. The molecule has 1 aliphatic rings. The lowest BCUT2D eigenvalue weighted by Gasteiger charge is -2.32. The van der Waals surface area contributed by atoms with Gasteiger partial charge in [-0.05, 0) is 58.8 Å². The highest BCUT2D eigenvalue weighted by atomic mass is 16.6. The van der Waals surface area contributed by atoms with E-state index in [1.165, 1.54) is 12.8 Å². The summed E-state index contributed by atoms with van der Waals surface area (Å²) in [6.45, 7) is 6.06. The molecule has 5 heteroatoms. The molecule has 1 aliphatic heterocycles. The number of rotatable bonds is 4. The zero-order valence-electron chi connectivity index (χ0n) is 13.1. The van der Waals surface area contributed by atoms with E-state index >= 15 is 0 Å². The third kappa shape index (κ3) is 3.80. The summed E-state index contributed by atoms with van der Waals surface area (Å²) >= 11 is 0. The molecule has 0 aromatic heterocycles. The van der Waals surface area contributed by atoms with Gasteiger partial charge in [0.2, 0.25) is 0 Å². The molecule has 1 aromatic carbocycles. The standard InChI is InChI=1S/C16H25N3O2/c1-12-6-7-14(11-16(12)19(20)21)13(2)18(3)15-5-4-9-17-10-8-15/h6-7,11,13,15,17H,4-5,8-10H2,1-3H3. The van der Waals surface area contributed by atoms with Gasteiger partial charge in [-0.25, -0.2) is 0 Å². The van der Waals surface area contributed by atoms with Crippen molar-refractivity contribution in [3.8, 4) is 0 Å². The van der Waals surface area contributed by atoms with Crippen LogP contribution >= 0.6 is 0 Å². The molecular formula is C16H25N3O2. The second-order valence-corrected chi connectivity index (χ2v) is 5.98. The topological polar surface area (TPSA) is 58.4 Å². The Morgan fingerprint density at radius 1 is 1.38 bits per heavy atom. The van der Waals surface area contributed by atoms with E-state index < -0.39 is 0 Å². The molecule has 21 heavy (non-hydrogen) atoms. The Bertz CT molecular complexity index is 496. The molecule has 116 valence electrons.